The van der Waals surface area contributed by atoms with Crippen LogP contribution in [0.25, 0.3) is 0 Å². The van der Waals surface area contributed by atoms with Crippen molar-refractivity contribution < 1.29 is 14.7 Å². The predicted octanol–water partition coefficient (Wildman–Crippen LogP) is 3.42. The zero-order chi connectivity index (χ0) is 23.1. The number of carbonyl (C=O) groups excluding carboxylic acids is 1. The second kappa shape index (κ2) is 10.4. The van der Waals surface area contributed by atoms with Gasteiger partial charge in [-0.05, 0) is 23.3 Å². The van der Waals surface area contributed by atoms with Crippen LogP contribution < -0.4 is 10.2 Å². The maximum atomic E-state index is 12.6. The minimum Gasteiger partial charge on any atom is -0.481 e. The van der Waals surface area contributed by atoms with E-state index in [0.717, 1.165) is 11.1 Å². The summed E-state index contributed by atoms with van der Waals surface area (Å²) in [7, 11) is 5.39. The van der Waals surface area contributed by atoms with E-state index in [4.69, 9.17) is 5.11 Å². The number of aliphatic carboxylic acids is 1. The Labute approximate surface area is 187 Å². The maximum Gasteiger partial charge on any atom is 0.321 e. The standard InChI is InChI=1S/C24H27N5O3/c1-28(2)23-19(14-22(30)31)15-25-21(27-23)13-18-10-7-11-20(12-18)26-24(32)29(3)16-17-8-5-4-6-9-17/h4-12,15H,13-14,16H2,1-3H3,(H,26,32)(H,30,31). The van der Waals surface area contributed by atoms with Gasteiger partial charge in [0.1, 0.15) is 11.6 Å². The van der Waals surface area contributed by atoms with Crippen molar-refractivity contribution in [3.05, 3.63) is 83.3 Å². The van der Waals surface area contributed by atoms with Gasteiger partial charge in [-0.1, -0.05) is 42.5 Å². The number of carboxylic acid groups (broad SMARTS) is 1. The fourth-order valence-corrected chi connectivity index (χ4v) is 3.28. The molecule has 0 radical (unpaired) electrons. The molecule has 1 heterocycles. The smallest absolute Gasteiger partial charge is 0.321 e. The van der Waals surface area contributed by atoms with Gasteiger partial charge in [-0.2, -0.15) is 0 Å². The molecule has 0 fully saturated rings. The van der Waals surface area contributed by atoms with Gasteiger partial charge in [-0.25, -0.2) is 14.8 Å². The summed E-state index contributed by atoms with van der Waals surface area (Å²) in [4.78, 5) is 35.9. The molecule has 2 amide bonds. The van der Waals surface area contributed by atoms with Crippen LogP contribution in [0.3, 0.4) is 0 Å². The van der Waals surface area contributed by atoms with Crippen molar-refractivity contribution in [3.8, 4) is 0 Å². The number of carboxylic acids is 1. The molecule has 2 aromatic carbocycles. The number of rotatable bonds is 8. The molecule has 0 aliphatic heterocycles. The fourth-order valence-electron chi connectivity index (χ4n) is 3.28. The fraction of sp³-hybridized carbons (Fsp3) is 0.250. The summed E-state index contributed by atoms with van der Waals surface area (Å²) in [6, 6.07) is 17.1. The lowest BCUT2D eigenvalue weighted by Gasteiger charge is -2.18. The van der Waals surface area contributed by atoms with Gasteiger partial charge in [0, 0.05) is 51.6 Å². The van der Waals surface area contributed by atoms with Crippen molar-refractivity contribution in [1.29, 1.82) is 0 Å². The molecule has 0 saturated carbocycles. The predicted molar refractivity (Wildman–Crippen MR) is 124 cm³/mol. The monoisotopic (exact) mass is 433 g/mol. The van der Waals surface area contributed by atoms with Crippen LogP contribution in [-0.4, -0.2) is 53.1 Å². The molecular formula is C24H27N5O3. The van der Waals surface area contributed by atoms with Crippen molar-refractivity contribution >= 4 is 23.5 Å². The van der Waals surface area contributed by atoms with E-state index < -0.39 is 5.97 Å². The van der Waals surface area contributed by atoms with Crippen molar-refractivity contribution in [2.75, 3.05) is 31.4 Å². The molecule has 0 bridgehead atoms. The summed E-state index contributed by atoms with van der Waals surface area (Å²) < 4.78 is 0. The lowest BCUT2D eigenvalue weighted by atomic mass is 10.1. The molecule has 0 spiro atoms. The van der Waals surface area contributed by atoms with E-state index in [1.165, 1.54) is 0 Å². The highest BCUT2D eigenvalue weighted by molar-refractivity contribution is 5.89. The Morgan fingerprint density at radius 2 is 1.72 bits per heavy atom. The third-order valence-corrected chi connectivity index (χ3v) is 4.81. The second-order valence-electron chi connectivity index (χ2n) is 7.75. The van der Waals surface area contributed by atoms with Gasteiger partial charge < -0.3 is 20.2 Å². The van der Waals surface area contributed by atoms with Crippen LogP contribution in [-0.2, 0) is 24.2 Å². The van der Waals surface area contributed by atoms with Crippen LogP contribution in [0.1, 0.15) is 22.5 Å². The molecule has 8 heteroatoms. The lowest BCUT2D eigenvalue weighted by molar-refractivity contribution is -0.136. The van der Waals surface area contributed by atoms with Crippen molar-refractivity contribution in [2.24, 2.45) is 0 Å². The topological polar surface area (TPSA) is 98.7 Å². The van der Waals surface area contributed by atoms with Gasteiger partial charge in [-0.3, -0.25) is 4.79 Å². The van der Waals surface area contributed by atoms with Crippen molar-refractivity contribution in [2.45, 2.75) is 19.4 Å². The normalized spacial score (nSPS) is 10.5. The Kier molecular flexibility index (Phi) is 7.38. The first-order valence-electron chi connectivity index (χ1n) is 10.2. The largest absolute Gasteiger partial charge is 0.481 e. The second-order valence-corrected chi connectivity index (χ2v) is 7.75. The minimum absolute atomic E-state index is 0.133. The highest BCUT2D eigenvalue weighted by Crippen LogP contribution is 2.19. The third kappa shape index (κ3) is 6.28. The van der Waals surface area contributed by atoms with Gasteiger partial charge in [0.25, 0.3) is 0 Å². The summed E-state index contributed by atoms with van der Waals surface area (Å²) >= 11 is 0. The van der Waals surface area contributed by atoms with Crippen LogP contribution in [0.15, 0.2) is 60.8 Å². The van der Waals surface area contributed by atoms with Gasteiger partial charge >= 0.3 is 12.0 Å². The van der Waals surface area contributed by atoms with Crippen LogP contribution in [0.2, 0.25) is 0 Å². The van der Waals surface area contributed by atoms with E-state index >= 15 is 0 Å². The Morgan fingerprint density at radius 1 is 1.00 bits per heavy atom. The van der Waals surface area contributed by atoms with E-state index in [2.05, 4.69) is 15.3 Å². The molecule has 32 heavy (non-hydrogen) atoms. The first-order valence-corrected chi connectivity index (χ1v) is 10.2. The number of urea groups is 1. The van der Waals surface area contributed by atoms with E-state index in [0.29, 0.717) is 35.9 Å². The zero-order valence-corrected chi connectivity index (χ0v) is 18.4. The Hall–Kier alpha value is -3.94. The number of benzene rings is 2. The average Bonchev–Trinajstić information content (AvgIpc) is 2.75. The van der Waals surface area contributed by atoms with Crippen LogP contribution in [0.5, 0.6) is 0 Å². The number of aromatic nitrogens is 2. The van der Waals surface area contributed by atoms with Crippen LogP contribution in [0, 0.1) is 0 Å². The van der Waals surface area contributed by atoms with Crippen molar-refractivity contribution in [1.82, 2.24) is 14.9 Å². The molecule has 8 nitrogen and oxygen atoms in total. The Morgan fingerprint density at radius 3 is 2.41 bits per heavy atom. The molecule has 166 valence electrons. The maximum absolute atomic E-state index is 12.6. The van der Waals surface area contributed by atoms with E-state index in [1.807, 2.05) is 68.7 Å². The number of anilines is 2. The minimum atomic E-state index is -0.926. The molecule has 0 aliphatic carbocycles. The molecule has 3 aromatic rings. The SMILES string of the molecule is CN(Cc1ccccc1)C(=O)Nc1cccc(Cc2ncc(CC(=O)O)c(N(C)C)n2)c1. The number of hydrogen-bond donors (Lipinski definition) is 2. The quantitative estimate of drug-likeness (QED) is 0.565. The average molecular weight is 434 g/mol. The van der Waals surface area contributed by atoms with Gasteiger partial charge in [0.15, 0.2) is 0 Å². The zero-order valence-electron chi connectivity index (χ0n) is 18.4. The number of nitrogens with zero attached hydrogens (tertiary/aromatic N) is 4. The van der Waals surface area contributed by atoms with E-state index in [1.54, 1.807) is 23.0 Å². The van der Waals surface area contributed by atoms with Gasteiger partial charge in [0.2, 0.25) is 0 Å². The van der Waals surface area contributed by atoms with Gasteiger partial charge in [-0.15, -0.1) is 0 Å². The molecule has 0 aliphatic rings. The van der Waals surface area contributed by atoms with Gasteiger partial charge in [0.05, 0.1) is 6.42 Å². The number of nitrogens with one attached hydrogen (secondary N) is 1. The summed E-state index contributed by atoms with van der Waals surface area (Å²) in [5, 5.41) is 12.0. The highest BCUT2D eigenvalue weighted by atomic mass is 16.4. The summed E-state index contributed by atoms with van der Waals surface area (Å²) in [6.07, 6.45) is 1.89. The summed E-state index contributed by atoms with van der Waals surface area (Å²) in [5.74, 6) is 0.238. The third-order valence-electron chi connectivity index (χ3n) is 4.81. The molecular weight excluding hydrogens is 406 g/mol. The molecule has 1 aromatic heterocycles. The number of amides is 2. The number of hydrogen-bond acceptors (Lipinski definition) is 5. The molecule has 0 saturated heterocycles. The van der Waals surface area contributed by atoms with E-state index in [9.17, 15) is 9.59 Å². The first kappa shape index (κ1) is 22.7. The molecule has 3 rings (SSSR count). The highest BCUT2D eigenvalue weighted by Gasteiger charge is 2.14. The molecule has 0 atom stereocenters. The summed E-state index contributed by atoms with van der Waals surface area (Å²) in [5.41, 5.74) is 3.24. The van der Waals surface area contributed by atoms with Crippen molar-refractivity contribution in [3.63, 3.8) is 0 Å². The number of carbonyl (C=O) groups is 2. The van der Waals surface area contributed by atoms with Crippen LogP contribution in [0.4, 0.5) is 16.3 Å². The van der Waals surface area contributed by atoms with E-state index in [-0.39, 0.29) is 12.5 Å². The van der Waals surface area contributed by atoms with Crippen LogP contribution >= 0.6 is 0 Å². The molecule has 0 unspecified atom stereocenters. The Balaban J connectivity index is 1.69. The summed E-state index contributed by atoms with van der Waals surface area (Å²) in [6.45, 7) is 0.510. The molecule has 2 N–H and O–H groups in total. The Bertz CT molecular complexity index is 1090. The first-order chi connectivity index (χ1) is 15.3. The lowest BCUT2D eigenvalue weighted by Crippen LogP contribution is -2.30.